The van der Waals surface area contributed by atoms with Gasteiger partial charge in [0.25, 0.3) is 0 Å². The summed E-state index contributed by atoms with van der Waals surface area (Å²) in [6.07, 6.45) is 2.70. The molecule has 0 aliphatic rings. The Balaban J connectivity index is 3.16. The Hall–Kier alpha value is -1.77. The van der Waals surface area contributed by atoms with E-state index in [4.69, 9.17) is 9.84 Å². The van der Waals surface area contributed by atoms with E-state index in [2.05, 4.69) is 0 Å². The lowest BCUT2D eigenvalue weighted by molar-refractivity contribution is -0.131. The number of aliphatic carboxylic acids is 1. The fourth-order valence-electron chi connectivity index (χ4n) is 1.30. The second-order valence-corrected chi connectivity index (χ2v) is 3.33. The van der Waals surface area contributed by atoms with E-state index in [-0.39, 0.29) is 0 Å². The second kappa shape index (κ2) is 4.64. The Labute approximate surface area is 89.0 Å². The average molecular weight is 206 g/mol. The third-order valence-electron chi connectivity index (χ3n) is 2.32. The van der Waals surface area contributed by atoms with Crippen LogP contribution in [0.25, 0.3) is 6.08 Å². The third kappa shape index (κ3) is 2.84. The molecule has 0 aromatic heterocycles. The van der Waals surface area contributed by atoms with Crippen molar-refractivity contribution in [3.05, 3.63) is 34.9 Å². The van der Waals surface area contributed by atoms with Crippen molar-refractivity contribution in [1.82, 2.24) is 0 Å². The summed E-state index contributed by atoms with van der Waals surface area (Å²) < 4.78 is 5.12. The topological polar surface area (TPSA) is 46.5 Å². The van der Waals surface area contributed by atoms with E-state index in [1.165, 1.54) is 0 Å². The van der Waals surface area contributed by atoms with E-state index in [1.807, 2.05) is 26.0 Å². The molecule has 0 amide bonds. The summed E-state index contributed by atoms with van der Waals surface area (Å²) in [5, 5.41) is 8.54. The first-order chi connectivity index (χ1) is 7.04. The molecule has 3 heteroatoms. The number of carboxylic acids is 1. The number of rotatable bonds is 3. The monoisotopic (exact) mass is 206 g/mol. The fraction of sp³-hybridized carbons (Fsp3) is 0.250. The van der Waals surface area contributed by atoms with Crippen molar-refractivity contribution in [3.63, 3.8) is 0 Å². The molecule has 0 bridgehead atoms. The van der Waals surface area contributed by atoms with E-state index in [1.54, 1.807) is 13.2 Å². The van der Waals surface area contributed by atoms with Crippen molar-refractivity contribution in [3.8, 4) is 5.75 Å². The molecule has 80 valence electrons. The average Bonchev–Trinajstić information content (AvgIpc) is 2.19. The van der Waals surface area contributed by atoms with Gasteiger partial charge in [0.1, 0.15) is 5.75 Å². The Bertz CT molecular complexity index is 406. The first-order valence-corrected chi connectivity index (χ1v) is 4.61. The Kier molecular flexibility index (Phi) is 3.50. The van der Waals surface area contributed by atoms with Crippen LogP contribution in [0.3, 0.4) is 0 Å². The van der Waals surface area contributed by atoms with Crippen LogP contribution in [0.1, 0.15) is 16.7 Å². The van der Waals surface area contributed by atoms with Crippen LogP contribution in [0.5, 0.6) is 5.75 Å². The Morgan fingerprint density at radius 2 is 2.07 bits per heavy atom. The quantitative estimate of drug-likeness (QED) is 0.772. The van der Waals surface area contributed by atoms with Gasteiger partial charge in [0.05, 0.1) is 7.11 Å². The molecule has 0 aliphatic carbocycles. The molecule has 0 saturated carbocycles. The van der Waals surface area contributed by atoms with Crippen molar-refractivity contribution < 1.29 is 14.6 Å². The van der Waals surface area contributed by atoms with Crippen molar-refractivity contribution in [2.45, 2.75) is 13.8 Å². The molecule has 0 aliphatic heterocycles. The molecule has 0 atom stereocenters. The molecule has 1 aromatic carbocycles. The zero-order valence-corrected chi connectivity index (χ0v) is 9.07. The maximum atomic E-state index is 10.4. The molecular formula is C12H14O3. The summed E-state index contributed by atoms with van der Waals surface area (Å²) in [6, 6.07) is 3.75. The highest BCUT2D eigenvalue weighted by Crippen LogP contribution is 2.22. The first-order valence-electron chi connectivity index (χ1n) is 4.61. The highest BCUT2D eigenvalue weighted by molar-refractivity contribution is 5.85. The lowest BCUT2D eigenvalue weighted by Crippen LogP contribution is -1.92. The van der Waals surface area contributed by atoms with Crippen molar-refractivity contribution in [1.29, 1.82) is 0 Å². The van der Waals surface area contributed by atoms with Gasteiger partial charge in [0, 0.05) is 6.08 Å². The van der Waals surface area contributed by atoms with Crippen LogP contribution < -0.4 is 4.74 Å². The van der Waals surface area contributed by atoms with Gasteiger partial charge in [-0.2, -0.15) is 0 Å². The van der Waals surface area contributed by atoms with Crippen LogP contribution >= 0.6 is 0 Å². The van der Waals surface area contributed by atoms with Gasteiger partial charge in [-0.1, -0.05) is 0 Å². The molecule has 15 heavy (non-hydrogen) atoms. The molecule has 0 spiro atoms. The molecule has 0 unspecified atom stereocenters. The molecule has 0 heterocycles. The Morgan fingerprint density at radius 1 is 1.40 bits per heavy atom. The molecule has 0 fully saturated rings. The summed E-state index contributed by atoms with van der Waals surface area (Å²) in [7, 11) is 1.59. The van der Waals surface area contributed by atoms with E-state index in [9.17, 15) is 4.79 Å². The predicted octanol–water partition coefficient (Wildman–Crippen LogP) is 2.41. The second-order valence-electron chi connectivity index (χ2n) is 3.33. The van der Waals surface area contributed by atoms with Crippen molar-refractivity contribution in [2.75, 3.05) is 7.11 Å². The van der Waals surface area contributed by atoms with Gasteiger partial charge >= 0.3 is 5.97 Å². The van der Waals surface area contributed by atoms with Crippen molar-refractivity contribution >= 4 is 12.0 Å². The molecule has 0 radical (unpaired) electrons. The summed E-state index contributed by atoms with van der Waals surface area (Å²) in [6.45, 7) is 3.92. The predicted molar refractivity (Wildman–Crippen MR) is 59.1 cm³/mol. The maximum absolute atomic E-state index is 10.4. The van der Waals surface area contributed by atoms with Gasteiger partial charge in [0.2, 0.25) is 0 Å². The molecular weight excluding hydrogens is 192 g/mol. The minimum absolute atomic E-state index is 0.739. The van der Waals surface area contributed by atoms with E-state index in [0.29, 0.717) is 0 Å². The van der Waals surface area contributed by atoms with Gasteiger partial charge in [-0.3, -0.25) is 0 Å². The van der Waals surface area contributed by atoms with Crippen LogP contribution in [0.4, 0.5) is 0 Å². The normalized spacial score (nSPS) is 10.6. The van der Waals surface area contributed by atoms with E-state index in [0.717, 1.165) is 28.5 Å². The number of carbonyl (C=O) groups is 1. The zero-order chi connectivity index (χ0) is 11.4. The van der Waals surface area contributed by atoms with Gasteiger partial charge in [0.15, 0.2) is 0 Å². The highest BCUT2D eigenvalue weighted by atomic mass is 16.5. The smallest absolute Gasteiger partial charge is 0.328 e. The standard InChI is InChI=1S/C12H14O3/c1-8-6-11(15-3)7-10(9(8)2)4-5-12(13)14/h4-7H,1-3H3,(H,13,14)/b5-4+. The van der Waals surface area contributed by atoms with Gasteiger partial charge in [-0.05, 0) is 48.7 Å². The van der Waals surface area contributed by atoms with E-state index < -0.39 is 5.97 Å². The number of aryl methyl sites for hydroxylation is 1. The summed E-state index contributed by atoms with van der Waals surface area (Å²) in [4.78, 5) is 10.4. The molecule has 3 nitrogen and oxygen atoms in total. The minimum Gasteiger partial charge on any atom is -0.497 e. The van der Waals surface area contributed by atoms with Crippen LogP contribution in [0, 0.1) is 13.8 Å². The van der Waals surface area contributed by atoms with Crippen LogP contribution in [0.15, 0.2) is 18.2 Å². The van der Waals surface area contributed by atoms with Crippen LogP contribution in [-0.2, 0) is 4.79 Å². The largest absolute Gasteiger partial charge is 0.497 e. The van der Waals surface area contributed by atoms with E-state index >= 15 is 0 Å². The minimum atomic E-state index is -0.949. The Morgan fingerprint density at radius 3 is 2.60 bits per heavy atom. The first kappa shape index (κ1) is 11.3. The number of carboxylic acid groups (broad SMARTS) is 1. The number of benzene rings is 1. The molecule has 0 saturated heterocycles. The summed E-state index contributed by atoms with van der Waals surface area (Å²) >= 11 is 0. The van der Waals surface area contributed by atoms with Crippen molar-refractivity contribution in [2.24, 2.45) is 0 Å². The number of hydrogen-bond acceptors (Lipinski definition) is 2. The lowest BCUT2D eigenvalue weighted by Gasteiger charge is -2.08. The van der Waals surface area contributed by atoms with Gasteiger partial charge in [-0.15, -0.1) is 0 Å². The SMILES string of the molecule is COc1cc(C)c(C)c(/C=C/C(=O)O)c1. The summed E-state index contributed by atoms with van der Waals surface area (Å²) in [5.74, 6) is -0.210. The third-order valence-corrected chi connectivity index (χ3v) is 2.32. The van der Waals surface area contributed by atoms with Gasteiger partial charge < -0.3 is 9.84 Å². The number of hydrogen-bond donors (Lipinski definition) is 1. The summed E-state index contributed by atoms with van der Waals surface area (Å²) in [5.41, 5.74) is 3.02. The fourth-order valence-corrected chi connectivity index (χ4v) is 1.30. The molecule has 1 aromatic rings. The molecule has 1 rings (SSSR count). The highest BCUT2D eigenvalue weighted by Gasteiger charge is 2.02. The zero-order valence-electron chi connectivity index (χ0n) is 9.07. The molecule has 1 N–H and O–H groups in total. The maximum Gasteiger partial charge on any atom is 0.328 e. The lowest BCUT2D eigenvalue weighted by atomic mass is 10.0. The number of ether oxygens (including phenoxy) is 1. The number of methoxy groups -OCH3 is 1. The van der Waals surface area contributed by atoms with Crippen LogP contribution in [0.2, 0.25) is 0 Å². The van der Waals surface area contributed by atoms with Gasteiger partial charge in [-0.25, -0.2) is 4.79 Å². The van der Waals surface area contributed by atoms with Crippen LogP contribution in [-0.4, -0.2) is 18.2 Å².